The SMILES string of the molecule is C=CCN(C=O)C(CC(Cl)Cc1ccccc1)C(=O)O. The van der Waals surface area contributed by atoms with Crippen LogP contribution < -0.4 is 0 Å². The molecule has 1 rings (SSSR count). The molecule has 0 aromatic heterocycles. The Morgan fingerprint density at radius 2 is 2.05 bits per heavy atom. The lowest BCUT2D eigenvalue weighted by Crippen LogP contribution is -2.42. The molecule has 20 heavy (non-hydrogen) atoms. The molecule has 0 saturated heterocycles. The molecule has 108 valence electrons. The maximum Gasteiger partial charge on any atom is 0.326 e. The smallest absolute Gasteiger partial charge is 0.326 e. The van der Waals surface area contributed by atoms with Crippen LogP contribution in [0, 0.1) is 0 Å². The summed E-state index contributed by atoms with van der Waals surface area (Å²) >= 11 is 6.22. The van der Waals surface area contributed by atoms with E-state index in [0.29, 0.717) is 12.8 Å². The average molecular weight is 296 g/mol. The van der Waals surface area contributed by atoms with Crippen molar-refractivity contribution in [3.05, 3.63) is 48.6 Å². The molecule has 0 aliphatic heterocycles. The third-order valence-corrected chi connectivity index (χ3v) is 3.27. The van der Waals surface area contributed by atoms with Crippen molar-refractivity contribution in [2.24, 2.45) is 0 Å². The lowest BCUT2D eigenvalue weighted by molar-refractivity contribution is -0.146. The highest BCUT2D eigenvalue weighted by Gasteiger charge is 2.26. The number of rotatable bonds is 9. The Morgan fingerprint density at radius 1 is 1.40 bits per heavy atom. The zero-order valence-corrected chi connectivity index (χ0v) is 11.9. The van der Waals surface area contributed by atoms with Gasteiger partial charge in [0.1, 0.15) is 6.04 Å². The second kappa shape index (κ2) is 8.38. The standard InChI is InChI=1S/C15H18ClNO3/c1-2-8-17(11-18)14(15(19)20)10-13(16)9-12-6-4-3-5-7-12/h2-7,11,13-14H,1,8-10H2,(H,19,20). The van der Waals surface area contributed by atoms with Gasteiger partial charge in [0.05, 0.1) is 0 Å². The Hall–Kier alpha value is -1.81. The van der Waals surface area contributed by atoms with Gasteiger partial charge >= 0.3 is 5.97 Å². The summed E-state index contributed by atoms with van der Waals surface area (Å²) in [5, 5.41) is 8.87. The molecule has 0 bridgehead atoms. The zero-order valence-electron chi connectivity index (χ0n) is 11.1. The van der Waals surface area contributed by atoms with Gasteiger partial charge in [0, 0.05) is 11.9 Å². The molecule has 5 heteroatoms. The van der Waals surface area contributed by atoms with E-state index in [9.17, 15) is 14.7 Å². The number of hydrogen-bond donors (Lipinski definition) is 1. The first-order valence-electron chi connectivity index (χ1n) is 6.31. The first kappa shape index (κ1) is 16.2. The van der Waals surface area contributed by atoms with Crippen LogP contribution in [0.25, 0.3) is 0 Å². The summed E-state index contributed by atoms with van der Waals surface area (Å²) in [5.74, 6) is -1.06. The summed E-state index contributed by atoms with van der Waals surface area (Å²) in [6.07, 6.45) is 2.77. The number of carboxylic acids is 1. The van der Waals surface area contributed by atoms with E-state index in [1.165, 1.54) is 11.0 Å². The van der Waals surface area contributed by atoms with Gasteiger partial charge in [-0.05, 0) is 18.4 Å². The molecular weight excluding hydrogens is 278 g/mol. The van der Waals surface area contributed by atoms with Crippen molar-refractivity contribution in [3.8, 4) is 0 Å². The van der Waals surface area contributed by atoms with E-state index in [0.717, 1.165) is 5.56 Å². The molecule has 2 unspecified atom stereocenters. The Kier molecular flexibility index (Phi) is 6.81. The van der Waals surface area contributed by atoms with E-state index in [4.69, 9.17) is 11.6 Å². The summed E-state index contributed by atoms with van der Waals surface area (Å²) in [6, 6.07) is 8.66. The summed E-state index contributed by atoms with van der Waals surface area (Å²) in [6.45, 7) is 3.70. The van der Waals surface area contributed by atoms with E-state index < -0.39 is 12.0 Å². The molecule has 0 saturated carbocycles. The minimum absolute atomic E-state index is 0.190. The maximum absolute atomic E-state index is 11.3. The van der Waals surface area contributed by atoms with Crippen molar-refractivity contribution in [1.29, 1.82) is 0 Å². The highest BCUT2D eigenvalue weighted by atomic mass is 35.5. The molecule has 0 heterocycles. The van der Waals surface area contributed by atoms with Crippen LogP contribution in [0.2, 0.25) is 0 Å². The van der Waals surface area contributed by atoms with E-state index in [1.54, 1.807) is 0 Å². The van der Waals surface area contributed by atoms with Crippen LogP contribution in [0.5, 0.6) is 0 Å². The number of nitrogens with zero attached hydrogens (tertiary/aromatic N) is 1. The maximum atomic E-state index is 11.3. The minimum Gasteiger partial charge on any atom is -0.480 e. The molecule has 1 aromatic rings. The largest absolute Gasteiger partial charge is 0.480 e. The van der Waals surface area contributed by atoms with Gasteiger partial charge in [0.2, 0.25) is 6.41 Å². The molecule has 1 N–H and O–H groups in total. The molecule has 1 amide bonds. The van der Waals surface area contributed by atoms with Crippen molar-refractivity contribution >= 4 is 24.0 Å². The quantitative estimate of drug-likeness (QED) is 0.432. The molecule has 4 nitrogen and oxygen atoms in total. The number of benzene rings is 1. The Balaban J connectivity index is 2.67. The van der Waals surface area contributed by atoms with Gasteiger partial charge in [-0.3, -0.25) is 4.79 Å². The molecular formula is C15H18ClNO3. The van der Waals surface area contributed by atoms with Crippen molar-refractivity contribution in [2.45, 2.75) is 24.3 Å². The molecule has 0 radical (unpaired) electrons. The van der Waals surface area contributed by atoms with Crippen molar-refractivity contribution in [2.75, 3.05) is 6.54 Å². The number of halogens is 1. The Labute approximate surface area is 123 Å². The summed E-state index contributed by atoms with van der Waals surface area (Å²) in [7, 11) is 0. The van der Waals surface area contributed by atoms with E-state index in [-0.39, 0.29) is 18.3 Å². The Morgan fingerprint density at radius 3 is 2.55 bits per heavy atom. The van der Waals surface area contributed by atoms with Crippen LogP contribution in [0.4, 0.5) is 0 Å². The van der Waals surface area contributed by atoms with Crippen LogP contribution in [0.3, 0.4) is 0 Å². The third-order valence-electron chi connectivity index (χ3n) is 2.94. The number of alkyl halides is 1. The van der Waals surface area contributed by atoms with E-state index in [2.05, 4.69) is 6.58 Å². The molecule has 2 atom stereocenters. The van der Waals surface area contributed by atoms with Crippen LogP contribution in [0.1, 0.15) is 12.0 Å². The van der Waals surface area contributed by atoms with Gasteiger partial charge in [0.15, 0.2) is 0 Å². The second-order valence-electron chi connectivity index (χ2n) is 4.47. The summed E-state index contributed by atoms with van der Waals surface area (Å²) in [5.41, 5.74) is 1.04. The van der Waals surface area contributed by atoms with Crippen molar-refractivity contribution in [3.63, 3.8) is 0 Å². The summed E-state index contributed by atoms with van der Waals surface area (Å²) in [4.78, 5) is 23.4. The van der Waals surface area contributed by atoms with E-state index >= 15 is 0 Å². The van der Waals surface area contributed by atoms with Crippen molar-refractivity contribution in [1.82, 2.24) is 4.90 Å². The van der Waals surface area contributed by atoms with Crippen LogP contribution in [-0.4, -0.2) is 40.3 Å². The highest BCUT2D eigenvalue weighted by Crippen LogP contribution is 2.16. The van der Waals surface area contributed by atoms with Gasteiger partial charge < -0.3 is 10.0 Å². The number of carbonyl (C=O) groups is 2. The first-order chi connectivity index (χ1) is 9.58. The lowest BCUT2D eigenvalue weighted by Gasteiger charge is -2.25. The average Bonchev–Trinajstić information content (AvgIpc) is 2.43. The Bertz CT molecular complexity index is 450. The normalized spacial score (nSPS) is 13.2. The van der Waals surface area contributed by atoms with Crippen molar-refractivity contribution < 1.29 is 14.7 Å². The second-order valence-corrected chi connectivity index (χ2v) is 5.08. The monoisotopic (exact) mass is 295 g/mol. The molecule has 0 spiro atoms. The van der Waals surface area contributed by atoms with Crippen LogP contribution >= 0.6 is 11.6 Å². The van der Waals surface area contributed by atoms with Gasteiger partial charge in [-0.1, -0.05) is 36.4 Å². The summed E-state index contributed by atoms with van der Waals surface area (Å²) < 4.78 is 0. The van der Waals surface area contributed by atoms with E-state index in [1.807, 2.05) is 30.3 Å². The topological polar surface area (TPSA) is 57.6 Å². The number of carbonyl (C=O) groups excluding carboxylic acids is 1. The fourth-order valence-electron chi connectivity index (χ4n) is 1.97. The van der Waals surface area contributed by atoms with Crippen LogP contribution in [-0.2, 0) is 16.0 Å². The lowest BCUT2D eigenvalue weighted by atomic mass is 10.0. The molecule has 0 aliphatic rings. The van der Waals surface area contributed by atoms with Gasteiger partial charge in [-0.15, -0.1) is 18.2 Å². The first-order valence-corrected chi connectivity index (χ1v) is 6.74. The number of carboxylic acid groups (broad SMARTS) is 1. The zero-order chi connectivity index (χ0) is 15.0. The predicted molar refractivity (Wildman–Crippen MR) is 78.8 cm³/mol. The van der Waals surface area contributed by atoms with Crippen LogP contribution in [0.15, 0.2) is 43.0 Å². The number of amides is 1. The highest BCUT2D eigenvalue weighted by molar-refractivity contribution is 6.20. The predicted octanol–water partition coefficient (Wildman–Crippen LogP) is 2.32. The molecule has 0 aliphatic carbocycles. The fourth-order valence-corrected chi connectivity index (χ4v) is 2.31. The van der Waals surface area contributed by atoms with Gasteiger partial charge in [-0.2, -0.15) is 0 Å². The molecule has 0 fully saturated rings. The number of hydrogen-bond acceptors (Lipinski definition) is 2. The number of aliphatic carboxylic acids is 1. The minimum atomic E-state index is -1.06. The fraction of sp³-hybridized carbons (Fsp3) is 0.333. The third kappa shape index (κ3) is 5.05. The van der Waals surface area contributed by atoms with Gasteiger partial charge in [0.25, 0.3) is 0 Å². The van der Waals surface area contributed by atoms with Gasteiger partial charge in [-0.25, -0.2) is 4.79 Å². The molecule has 1 aromatic carbocycles.